The molecule has 1 amide bonds. The Morgan fingerprint density at radius 1 is 1.30 bits per heavy atom. The standard InChI is InChI=1S/C16H18N2OS/c1-11(12-6-8-17-9-7-12)18-16(19)15-10-13-4-2-3-5-14(13)20-15/h6-11H,2-5H2,1H3,(H,18,19)/t11-/m0/s1. The summed E-state index contributed by atoms with van der Waals surface area (Å²) in [7, 11) is 0. The Balaban J connectivity index is 1.71. The third-order valence-electron chi connectivity index (χ3n) is 3.77. The number of aryl methyl sites for hydroxylation is 2. The molecule has 1 N–H and O–H groups in total. The number of nitrogens with zero attached hydrogens (tertiary/aromatic N) is 1. The van der Waals surface area contributed by atoms with E-state index in [4.69, 9.17) is 0 Å². The maximum Gasteiger partial charge on any atom is 0.261 e. The number of rotatable bonds is 3. The topological polar surface area (TPSA) is 42.0 Å². The predicted molar refractivity (Wildman–Crippen MR) is 81.1 cm³/mol. The van der Waals surface area contributed by atoms with E-state index < -0.39 is 0 Å². The number of hydrogen-bond donors (Lipinski definition) is 1. The highest BCUT2D eigenvalue weighted by molar-refractivity contribution is 7.14. The van der Waals surface area contributed by atoms with Gasteiger partial charge in [-0.3, -0.25) is 9.78 Å². The van der Waals surface area contributed by atoms with Crippen molar-refractivity contribution in [3.05, 3.63) is 51.5 Å². The zero-order valence-corrected chi connectivity index (χ0v) is 12.4. The first-order valence-corrected chi connectivity index (χ1v) is 7.88. The minimum absolute atomic E-state index is 0.00429. The normalized spacial score (nSPS) is 15.4. The lowest BCUT2D eigenvalue weighted by Crippen LogP contribution is -2.25. The molecule has 0 aromatic carbocycles. The van der Waals surface area contributed by atoms with E-state index in [0.29, 0.717) is 0 Å². The van der Waals surface area contributed by atoms with Crippen LogP contribution in [0.1, 0.15) is 51.5 Å². The maximum absolute atomic E-state index is 12.3. The first kappa shape index (κ1) is 13.3. The molecule has 3 rings (SSSR count). The molecule has 0 aliphatic heterocycles. The Morgan fingerprint density at radius 2 is 2.05 bits per heavy atom. The van der Waals surface area contributed by atoms with Gasteiger partial charge >= 0.3 is 0 Å². The SMILES string of the molecule is C[C@H](NC(=O)c1cc2c(s1)CCCC2)c1ccncc1. The second-order valence-corrected chi connectivity index (χ2v) is 6.38. The first-order chi connectivity index (χ1) is 9.74. The molecule has 2 aromatic heterocycles. The van der Waals surface area contributed by atoms with E-state index in [1.54, 1.807) is 23.7 Å². The van der Waals surface area contributed by atoms with E-state index in [2.05, 4.69) is 16.4 Å². The Kier molecular flexibility index (Phi) is 3.83. The molecular weight excluding hydrogens is 268 g/mol. The number of nitrogens with one attached hydrogen (secondary N) is 1. The fraction of sp³-hybridized carbons (Fsp3) is 0.375. The minimum atomic E-state index is 0.00429. The van der Waals surface area contributed by atoms with Gasteiger partial charge in [-0.15, -0.1) is 11.3 Å². The Bertz CT molecular complexity index is 583. The van der Waals surface area contributed by atoms with Crippen molar-refractivity contribution in [3.63, 3.8) is 0 Å². The summed E-state index contributed by atoms with van der Waals surface area (Å²) >= 11 is 1.66. The van der Waals surface area contributed by atoms with Gasteiger partial charge in [-0.05, 0) is 61.9 Å². The van der Waals surface area contributed by atoms with Gasteiger partial charge in [-0.2, -0.15) is 0 Å². The largest absolute Gasteiger partial charge is 0.345 e. The zero-order valence-electron chi connectivity index (χ0n) is 11.6. The van der Waals surface area contributed by atoms with Gasteiger partial charge in [0.1, 0.15) is 0 Å². The minimum Gasteiger partial charge on any atom is -0.345 e. The zero-order chi connectivity index (χ0) is 13.9. The summed E-state index contributed by atoms with van der Waals surface area (Å²) in [5.41, 5.74) is 2.46. The molecule has 0 saturated carbocycles. The molecule has 3 nitrogen and oxygen atoms in total. The van der Waals surface area contributed by atoms with Crippen LogP contribution in [0.4, 0.5) is 0 Å². The molecule has 2 heterocycles. The summed E-state index contributed by atoms with van der Waals surface area (Å²) in [6.07, 6.45) is 8.26. The molecule has 0 spiro atoms. The molecule has 2 aromatic rings. The van der Waals surface area contributed by atoms with E-state index in [1.165, 1.54) is 23.3 Å². The van der Waals surface area contributed by atoms with Crippen LogP contribution in [-0.2, 0) is 12.8 Å². The van der Waals surface area contributed by atoms with E-state index in [9.17, 15) is 4.79 Å². The van der Waals surface area contributed by atoms with Crippen molar-refractivity contribution in [3.8, 4) is 0 Å². The van der Waals surface area contributed by atoms with Gasteiger partial charge in [0.15, 0.2) is 0 Å². The van der Waals surface area contributed by atoms with E-state index in [1.807, 2.05) is 19.1 Å². The summed E-state index contributed by atoms with van der Waals surface area (Å²) in [4.78, 5) is 18.6. The summed E-state index contributed by atoms with van der Waals surface area (Å²) < 4.78 is 0. The van der Waals surface area contributed by atoms with E-state index >= 15 is 0 Å². The molecular formula is C16H18N2OS. The Hall–Kier alpha value is -1.68. The molecule has 20 heavy (non-hydrogen) atoms. The second-order valence-electron chi connectivity index (χ2n) is 5.24. The fourth-order valence-electron chi connectivity index (χ4n) is 2.61. The maximum atomic E-state index is 12.3. The number of hydrogen-bond acceptors (Lipinski definition) is 3. The number of pyridine rings is 1. The number of amides is 1. The van der Waals surface area contributed by atoms with Crippen LogP contribution in [0.5, 0.6) is 0 Å². The second kappa shape index (κ2) is 5.75. The van der Waals surface area contributed by atoms with Gasteiger partial charge < -0.3 is 5.32 Å². The van der Waals surface area contributed by atoms with Crippen molar-refractivity contribution < 1.29 is 4.79 Å². The van der Waals surface area contributed by atoms with Gasteiger partial charge in [0.2, 0.25) is 0 Å². The lowest BCUT2D eigenvalue weighted by atomic mass is 9.99. The smallest absolute Gasteiger partial charge is 0.261 e. The molecule has 1 aliphatic carbocycles. The average molecular weight is 286 g/mol. The predicted octanol–water partition coefficient (Wildman–Crippen LogP) is 3.51. The Labute approximate surface area is 123 Å². The van der Waals surface area contributed by atoms with Gasteiger partial charge in [-0.25, -0.2) is 0 Å². The van der Waals surface area contributed by atoms with Crippen LogP contribution in [0.2, 0.25) is 0 Å². The van der Waals surface area contributed by atoms with Gasteiger partial charge in [0.05, 0.1) is 10.9 Å². The summed E-state index contributed by atoms with van der Waals surface area (Å²) in [6, 6.07) is 5.95. The van der Waals surface area contributed by atoms with Crippen LogP contribution in [0, 0.1) is 0 Å². The molecule has 0 radical (unpaired) electrons. The van der Waals surface area contributed by atoms with Crippen LogP contribution >= 0.6 is 11.3 Å². The molecule has 104 valence electrons. The first-order valence-electron chi connectivity index (χ1n) is 7.06. The monoisotopic (exact) mass is 286 g/mol. The summed E-state index contributed by atoms with van der Waals surface area (Å²) in [5, 5.41) is 3.07. The lowest BCUT2D eigenvalue weighted by molar-refractivity contribution is 0.0944. The number of carbonyl (C=O) groups is 1. The number of aromatic nitrogens is 1. The molecule has 0 fully saturated rings. The van der Waals surface area contributed by atoms with E-state index in [0.717, 1.165) is 23.3 Å². The highest BCUT2D eigenvalue weighted by Crippen LogP contribution is 2.29. The van der Waals surface area contributed by atoms with Gasteiger partial charge in [0.25, 0.3) is 5.91 Å². The third-order valence-corrected chi connectivity index (χ3v) is 5.01. The Morgan fingerprint density at radius 3 is 2.80 bits per heavy atom. The molecule has 1 atom stereocenters. The van der Waals surface area contributed by atoms with Crippen LogP contribution in [-0.4, -0.2) is 10.9 Å². The van der Waals surface area contributed by atoms with Gasteiger partial charge in [-0.1, -0.05) is 0 Å². The number of thiophene rings is 1. The molecule has 1 aliphatic rings. The summed E-state index contributed by atoms with van der Waals surface area (Å²) in [5.74, 6) is 0.0358. The fourth-order valence-corrected chi connectivity index (χ4v) is 3.76. The molecule has 4 heteroatoms. The van der Waals surface area contributed by atoms with Gasteiger partial charge in [0, 0.05) is 17.3 Å². The van der Waals surface area contributed by atoms with Crippen molar-refractivity contribution >= 4 is 17.2 Å². The quantitative estimate of drug-likeness (QED) is 0.938. The average Bonchev–Trinajstić information content (AvgIpc) is 2.92. The highest BCUT2D eigenvalue weighted by Gasteiger charge is 2.18. The summed E-state index contributed by atoms with van der Waals surface area (Å²) in [6.45, 7) is 2.00. The number of fused-ring (bicyclic) bond motifs is 1. The van der Waals surface area contributed by atoms with Crippen molar-refractivity contribution in [1.82, 2.24) is 10.3 Å². The van der Waals surface area contributed by atoms with Crippen LogP contribution in [0.3, 0.4) is 0 Å². The van der Waals surface area contributed by atoms with Crippen LogP contribution in [0.25, 0.3) is 0 Å². The van der Waals surface area contributed by atoms with E-state index in [-0.39, 0.29) is 11.9 Å². The molecule has 0 saturated heterocycles. The lowest BCUT2D eigenvalue weighted by Gasteiger charge is -2.13. The highest BCUT2D eigenvalue weighted by atomic mass is 32.1. The molecule has 0 bridgehead atoms. The third kappa shape index (κ3) is 2.75. The molecule has 0 unspecified atom stereocenters. The van der Waals surface area contributed by atoms with Crippen molar-refractivity contribution in [2.75, 3.05) is 0 Å². The van der Waals surface area contributed by atoms with Crippen molar-refractivity contribution in [1.29, 1.82) is 0 Å². The van der Waals surface area contributed by atoms with Crippen LogP contribution < -0.4 is 5.32 Å². The van der Waals surface area contributed by atoms with Crippen molar-refractivity contribution in [2.45, 2.75) is 38.6 Å². The number of carbonyl (C=O) groups excluding carboxylic acids is 1. The van der Waals surface area contributed by atoms with Crippen LogP contribution in [0.15, 0.2) is 30.6 Å². The van der Waals surface area contributed by atoms with Crippen molar-refractivity contribution in [2.24, 2.45) is 0 Å².